The van der Waals surface area contributed by atoms with Crippen molar-refractivity contribution in [1.29, 1.82) is 0 Å². The first kappa shape index (κ1) is 26.6. The van der Waals surface area contributed by atoms with Crippen molar-refractivity contribution in [2.75, 3.05) is 24.0 Å². The summed E-state index contributed by atoms with van der Waals surface area (Å²) in [7, 11) is -3.97. The Hall–Kier alpha value is -3.03. The zero-order chi connectivity index (χ0) is 25.4. The van der Waals surface area contributed by atoms with Crippen molar-refractivity contribution >= 4 is 33.2 Å². The Bertz CT molecular complexity index is 1240. The van der Waals surface area contributed by atoms with Crippen LogP contribution >= 0.6 is 11.6 Å². The van der Waals surface area contributed by atoms with Crippen molar-refractivity contribution in [3.05, 3.63) is 88.4 Å². The normalized spacial score (nSPS) is 11.2. The molecule has 0 unspecified atom stereocenters. The van der Waals surface area contributed by atoms with Gasteiger partial charge in [-0.2, -0.15) is 0 Å². The number of ether oxygens (including phenoxy) is 1. The highest BCUT2D eigenvalue weighted by atomic mass is 35.5. The van der Waals surface area contributed by atoms with Crippen molar-refractivity contribution < 1.29 is 17.9 Å². The van der Waals surface area contributed by atoms with Crippen LogP contribution in [-0.4, -0.2) is 34.0 Å². The topological polar surface area (TPSA) is 75.7 Å². The van der Waals surface area contributed by atoms with Gasteiger partial charge in [0.25, 0.3) is 10.0 Å². The molecule has 1 N–H and O–H groups in total. The molecule has 0 aliphatic carbocycles. The predicted molar refractivity (Wildman–Crippen MR) is 141 cm³/mol. The molecule has 0 spiro atoms. The van der Waals surface area contributed by atoms with Crippen LogP contribution in [0.5, 0.6) is 5.75 Å². The number of halogens is 1. The van der Waals surface area contributed by atoms with Gasteiger partial charge in [0.05, 0.1) is 17.2 Å². The molecule has 3 aromatic carbocycles. The second-order valence-electron chi connectivity index (χ2n) is 8.29. The van der Waals surface area contributed by atoms with Crippen molar-refractivity contribution in [3.63, 3.8) is 0 Å². The summed E-state index contributed by atoms with van der Waals surface area (Å²) in [6.45, 7) is 6.33. The molecular formula is C27H31ClN2O4S. The lowest BCUT2D eigenvalue weighted by molar-refractivity contribution is -0.119. The maximum absolute atomic E-state index is 13.5. The van der Waals surface area contributed by atoms with Gasteiger partial charge in [-0.3, -0.25) is 9.10 Å². The number of rotatable bonds is 11. The summed E-state index contributed by atoms with van der Waals surface area (Å²) in [4.78, 5) is 12.9. The zero-order valence-electron chi connectivity index (χ0n) is 20.3. The van der Waals surface area contributed by atoms with Crippen LogP contribution in [0.1, 0.15) is 30.0 Å². The minimum atomic E-state index is -3.97. The van der Waals surface area contributed by atoms with E-state index < -0.39 is 10.0 Å². The fourth-order valence-corrected chi connectivity index (χ4v) is 5.37. The maximum atomic E-state index is 13.5. The molecule has 3 rings (SSSR count). The molecule has 35 heavy (non-hydrogen) atoms. The van der Waals surface area contributed by atoms with Crippen LogP contribution in [-0.2, 0) is 21.2 Å². The van der Waals surface area contributed by atoms with Crippen LogP contribution in [0.3, 0.4) is 0 Å². The Morgan fingerprint density at radius 2 is 1.69 bits per heavy atom. The summed E-state index contributed by atoms with van der Waals surface area (Å²) in [5.41, 5.74) is 3.17. The molecule has 8 heteroatoms. The van der Waals surface area contributed by atoms with Gasteiger partial charge < -0.3 is 10.1 Å². The van der Waals surface area contributed by atoms with E-state index in [1.54, 1.807) is 49.4 Å². The molecule has 1 amide bonds. The summed E-state index contributed by atoms with van der Waals surface area (Å²) in [6, 6.07) is 19.4. The third-order valence-corrected chi connectivity index (χ3v) is 7.53. The van der Waals surface area contributed by atoms with Crippen molar-refractivity contribution in [1.82, 2.24) is 5.32 Å². The van der Waals surface area contributed by atoms with Gasteiger partial charge in [0.2, 0.25) is 5.91 Å². The highest BCUT2D eigenvalue weighted by Gasteiger charge is 2.28. The zero-order valence-corrected chi connectivity index (χ0v) is 21.8. The summed E-state index contributed by atoms with van der Waals surface area (Å²) < 4.78 is 33.6. The molecular weight excluding hydrogens is 484 g/mol. The second kappa shape index (κ2) is 12.1. The highest BCUT2D eigenvalue weighted by Crippen LogP contribution is 2.29. The van der Waals surface area contributed by atoms with Crippen molar-refractivity contribution in [3.8, 4) is 5.75 Å². The summed E-state index contributed by atoms with van der Waals surface area (Å²) in [6.07, 6.45) is 1.51. The quantitative estimate of drug-likeness (QED) is 0.352. The Balaban J connectivity index is 1.69. The number of carbonyl (C=O) groups excluding carboxylic acids is 1. The van der Waals surface area contributed by atoms with Gasteiger partial charge in [-0.25, -0.2) is 8.42 Å². The number of benzene rings is 3. The number of amides is 1. The van der Waals surface area contributed by atoms with E-state index >= 15 is 0 Å². The lowest BCUT2D eigenvalue weighted by atomic mass is 10.1. The third-order valence-electron chi connectivity index (χ3n) is 5.52. The van der Waals surface area contributed by atoms with E-state index in [0.29, 0.717) is 29.4 Å². The van der Waals surface area contributed by atoms with Gasteiger partial charge in [-0.1, -0.05) is 41.4 Å². The van der Waals surface area contributed by atoms with E-state index in [0.717, 1.165) is 34.0 Å². The first-order valence-electron chi connectivity index (χ1n) is 11.5. The van der Waals surface area contributed by atoms with Gasteiger partial charge >= 0.3 is 0 Å². The van der Waals surface area contributed by atoms with Gasteiger partial charge in [0, 0.05) is 11.6 Å². The predicted octanol–water partition coefficient (Wildman–Crippen LogP) is 5.30. The highest BCUT2D eigenvalue weighted by molar-refractivity contribution is 7.92. The smallest absolute Gasteiger partial charge is 0.264 e. The minimum absolute atomic E-state index is 0.126. The average molecular weight is 515 g/mol. The first-order valence-corrected chi connectivity index (χ1v) is 13.4. The van der Waals surface area contributed by atoms with Crippen LogP contribution < -0.4 is 14.4 Å². The average Bonchev–Trinajstić information content (AvgIpc) is 2.82. The largest absolute Gasteiger partial charge is 0.494 e. The molecule has 3 aromatic rings. The molecule has 0 aliphatic heterocycles. The monoisotopic (exact) mass is 514 g/mol. The molecule has 0 saturated heterocycles. The van der Waals surface area contributed by atoms with Crippen LogP contribution in [0.25, 0.3) is 0 Å². The number of hydrogen-bond acceptors (Lipinski definition) is 4. The number of sulfonamides is 1. The van der Waals surface area contributed by atoms with Crippen LogP contribution in [0.2, 0.25) is 5.02 Å². The van der Waals surface area contributed by atoms with E-state index in [2.05, 4.69) is 5.32 Å². The molecule has 0 bridgehead atoms. The van der Waals surface area contributed by atoms with E-state index in [1.165, 1.54) is 0 Å². The van der Waals surface area contributed by atoms with Gasteiger partial charge in [0.15, 0.2) is 0 Å². The Morgan fingerprint density at radius 3 is 2.31 bits per heavy atom. The van der Waals surface area contributed by atoms with E-state index in [4.69, 9.17) is 16.3 Å². The summed E-state index contributed by atoms with van der Waals surface area (Å²) >= 11 is 6.08. The Kier molecular flexibility index (Phi) is 9.18. The maximum Gasteiger partial charge on any atom is 0.264 e. The number of nitrogens with zero attached hydrogens (tertiary/aromatic N) is 1. The van der Waals surface area contributed by atoms with E-state index in [-0.39, 0.29) is 17.3 Å². The summed E-state index contributed by atoms with van der Waals surface area (Å²) in [5, 5.41) is 3.35. The number of carbonyl (C=O) groups is 1. The van der Waals surface area contributed by atoms with Crippen LogP contribution in [0.15, 0.2) is 71.6 Å². The molecule has 0 atom stereocenters. The third kappa shape index (κ3) is 7.23. The number of anilines is 1. The molecule has 0 fully saturated rings. The van der Waals surface area contributed by atoms with Gasteiger partial charge in [0.1, 0.15) is 12.3 Å². The molecule has 0 aliphatic rings. The second-order valence-corrected chi connectivity index (χ2v) is 10.6. The SMILES string of the molecule is CCOc1ccc(CCCNC(=O)CN(c2ccc(Cl)cc2C)S(=O)(=O)c2ccc(C)cc2)cc1. The molecule has 0 heterocycles. The number of hydrogen-bond donors (Lipinski definition) is 1. The standard InChI is InChI=1S/C27H31ClN2O4S/c1-4-34-24-12-9-22(10-13-24)6-5-17-29-27(31)19-30(26-16-11-23(28)18-21(26)3)35(32,33)25-14-7-20(2)8-15-25/h7-16,18H,4-6,17,19H2,1-3H3,(H,29,31). The van der Waals surface area contributed by atoms with Gasteiger partial charge in [-0.05, 0) is 87.2 Å². The molecule has 0 saturated carbocycles. The van der Waals surface area contributed by atoms with Crippen LogP contribution in [0, 0.1) is 13.8 Å². The first-order chi connectivity index (χ1) is 16.7. The minimum Gasteiger partial charge on any atom is -0.494 e. The van der Waals surface area contributed by atoms with Crippen molar-refractivity contribution in [2.45, 2.75) is 38.5 Å². The molecule has 0 aromatic heterocycles. The molecule has 0 radical (unpaired) electrons. The van der Waals surface area contributed by atoms with E-state index in [9.17, 15) is 13.2 Å². The molecule has 6 nitrogen and oxygen atoms in total. The fourth-order valence-electron chi connectivity index (χ4n) is 3.66. The van der Waals surface area contributed by atoms with Crippen molar-refractivity contribution in [2.24, 2.45) is 0 Å². The fraction of sp³-hybridized carbons (Fsp3) is 0.296. The Morgan fingerprint density at radius 1 is 1.00 bits per heavy atom. The molecule has 186 valence electrons. The lowest BCUT2D eigenvalue weighted by Gasteiger charge is -2.26. The number of nitrogens with one attached hydrogen (secondary N) is 1. The van der Waals surface area contributed by atoms with Crippen LogP contribution in [0.4, 0.5) is 5.69 Å². The van der Waals surface area contributed by atoms with E-state index in [1.807, 2.05) is 38.1 Å². The van der Waals surface area contributed by atoms with Gasteiger partial charge in [-0.15, -0.1) is 0 Å². The Labute approximate surface area is 212 Å². The number of aryl methyl sites for hydroxylation is 3. The lowest BCUT2D eigenvalue weighted by Crippen LogP contribution is -2.41. The summed E-state index contributed by atoms with van der Waals surface area (Å²) in [5.74, 6) is 0.457.